The van der Waals surface area contributed by atoms with Gasteiger partial charge in [-0.3, -0.25) is 0 Å². The minimum absolute atomic E-state index is 0.170. The minimum Gasteiger partial charge on any atom is -0.423 e. The van der Waals surface area contributed by atoms with Gasteiger partial charge >= 0.3 is 7.12 Å². The molecule has 0 radical (unpaired) electrons. The van der Waals surface area contributed by atoms with Crippen molar-refractivity contribution in [3.63, 3.8) is 0 Å². The quantitative estimate of drug-likeness (QED) is 0.811. The van der Waals surface area contributed by atoms with Crippen LogP contribution in [0.25, 0.3) is 5.57 Å². The fraction of sp³-hybridized carbons (Fsp3) is 0.250. The van der Waals surface area contributed by atoms with Gasteiger partial charge in [-0.15, -0.1) is 0 Å². The Morgan fingerprint density at radius 2 is 1.95 bits per heavy atom. The maximum absolute atomic E-state index is 9.33. The topological polar surface area (TPSA) is 40.5 Å². The Hall–Kier alpha value is -1.58. The zero-order chi connectivity index (χ0) is 14.2. The van der Waals surface area contributed by atoms with Gasteiger partial charge in [0.2, 0.25) is 0 Å². The van der Waals surface area contributed by atoms with Crippen molar-refractivity contribution in [3.05, 3.63) is 59.7 Å². The number of rotatable bonds is 3. The summed E-state index contributed by atoms with van der Waals surface area (Å²) in [4.78, 5) is 0. The molecule has 3 heteroatoms. The first-order valence-electron chi connectivity index (χ1n) is 6.44. The van der Waals surface area contributed by atoms with E-state index < -0.39 is 7.12 Å². The van der Waals surface area contributed by atoms with Crippen LogP contribution in [-0.2, 0) is 5.41 Å². The lowest BCUT2D eigenvalue weighted by Gasteiger charge is -2.23. The zero-order valence-corrected chi connectivity index (χ0v) is 11.6. The molecule has 0 amide bonds. The van der Waals surface area contributed by atoms with Crippen LogP contribution >= 0.6 is 0 Å². The highest BCUT2D eigenvalue weighted by Crippen LogP contribution is 2.46. The summed E-state index contributed by atoms with van der Waals surface area (Å²) >= 11 is 0. The standard InChI is InChI=1S/C16H19BO2/c1-5-7-12-13-9-8-11(17(18)19)10-15(13)16(3,4)14(12)6-2/h5-10,18-19H,2H2,1,3-4H3/b7-5-. The van der Waals surface area contributed by atoms with Crippen molar-refractivity contribution in [2.45, 2.75) is 26.2 Å². The van der Waals surface area contributed by atoms with Crippen LogP contribution in [0, 0.1) is 0 Å². The van der Waals surface area contributed by atoms with Crippen molar-refractivity contribution in [3.8, 4) is 0 Å². The van der Waals surface area contributed by atoms with Crippen molar-refractivity contribution >= 4 is 18.2 Å². The van der Waals surface area contributed by atoms with E-state index in [1.54, 1.807) is 6.07 Å². The van der Waals surface area contributed by atoms with E-state index in [-0.39, 0.29) is 5.41 Å². The van der Waals surface area contributed by atoms with Crippen molar-refractivity contribution in [1.82, 2.24) is 0 Å². The van der Waals surface area contributed by atoms with Crippen LogP contribution in [0.5, 0.6) is 0 Å². The van der Waals surface area contributed by atoms with Crippen LogP contribution in [0.2, 0.25) is 0 Å². The van der Waals surface area contributed by atoms with Crippen LogP contribution in [-0.4, -0.2) is 17.2 Å². The summed E-state index contributed by atoms with van der Waals surface area (Å²) in [5, 5.41) is 18.7. The van der Waals surface area contributed by atoms with Gasteiger partial charge in [0.1, 0.15) is 0 Å². The lowest BCUT2D eigenvalue weighted by molar-refractivity contribution is 0.425. The highest BCUT2D eigenvalue weighted by atomic mass is 16.4. The second-order valence-corrected chi connectivity index (χ2v) is 5.34. The van der Waals surface area contributed by atoms with Crippen LogP contribution in [0.4, 0.5) is 0 Å². The summed E-state index contributed by atoms with van der Waals surface area (Å²) in [5.74, 6) is 0. The molecule has 19 heavy (non-hydrogen) atoms. The van der Waals surface area contributed by atoms with Crippen molar-refractivity contribution < 1.29 is 10.0 Å². The Morgan fingerprint density at radius 3 is 2.47 bits per heavy atom. The van der Waals surface area contributed by atoms with E-state index in [1.807, 2.05) is 31.2 Å². The number of fused-ring (bicyclic) bond motifs is 1. The maximum atomic E-state index is 9.33. The van der Waals surface area contributed by atoms with Gasteiger partial charge in [-0.05, 0) is 34.7 Å². The molecule has 0 heterocycles. The molecule has 0 aliphatic heterocycles. The Balaban J connectivity index is 2.70. The molecule has 1 aliphatic rings. The fourth-order valence-corrected chi connectivity index (χ4v) is 2.81. The van der Waals surface area contributed by atoms with Gasteiger partial charge in [0.25, 0.3) is 0 Å². The first kappa shape index (κ1) is 13.8. The van der Waals surface area contributed by atoms with E-state index in [0.29, 0.717) is 5.46 Å². The van der Waals surface area contributed by atoms with Crippen molar-refractivity contribution in [2.75, 3.05) is 0 Å². The van der Waals surface area contributed by atoms with E-state index >= 15 is 0 Å². The average molecular weight is 254 g/mol. The molecule has 2 rings (SSSR count). The second-order valence-electron chi connectivity index (χ2n) is 5.34. The molecular formula is C16H19BO2. The summed E-state index contributed by atoms with van der Waals surface area (Å²) in [5.41, 5.74) is 4.94. The van der Waals surface area contributed by atoms with E-state index in [0.717, 1.165) is 16.7 Å². The second kappa shape index (κ2) is 4.84. The predicted octanol–water partition coefficient (Wildman–Crippen LogP) is 2.17. The van der Waals surface area contributed by atoms with E-state index in [1.165, 1.54) is 5.57 Å². The fourth-order valence-electron chi connectivity index (χ4n) is 2.81. The van der Waals surface area contributed by atoms with Crippen LogP contribution in [0.1, 0.15) is 31.9 Å². The van der Waals surface area contributed by atoms with Crippen molar-refractivity contribution in [2.24, 2.45) is 0 Å². The van der Waals surface area contributed by atoms with Gasteiger partial charge < -0.3 is 10.0 Å². The monoisotopic (exact) mass is 254 g/mol. The molecule has 2 nitrogen and oxygen atoms in total. The summed E-state index contributed by atoms with van der Waals surface area (Å²) in [6.45, 7) is 10.2. The zero-order valence-electron chi connectivity index (χ0n) is 11.6. The SMILES string of the molecule is C=CC1=C(/C=C\C)c2ccc(B(O)O)cc2C1(C)C. The maximum Gasteiger partial charge on any atom is 0.488 e. The number of hydrogen-bond donors (Lipinski definition) is 2. The van der Waals surface area contributed by atoms with Gasteiger partial charge in [-0.2, -0.15) is 0 Å². The van der Waals surface area contributed by atoms with Crippen LogP contribution in [0.3, 0.4) is 0 Å². The molecule has 2 N–H and O–H groups in total. The number of hydrogen-bond acceptors (Lipinski definition) is 2. The van der Waals surface area contributed by atoms with E-state index in [9.17, 15) is 10.0 Å². The van der Waals surface area contributed by atoms with Gasteiger partial charge in [-0.25, -0.2) is 0 Å². The molecule has 1 aromatic rings. The largest absolute Gasteiger partial charge is 0.488 e. The average Bonchev–Trinajstić information content (AvgIpc) is 2.57. The number of benzene rings is 1. The van der Waals surface area contributed by atoms with Crippen LogP contribution < -0.4 is 5.46 Å². The van der Waals surface area contributed by atoms with Gasteiger partial charge in [0.15, 0.2) is 0 Å². The first-order chi connectivity index (χ1) is 8.93. The summed E-state index contributed by atoms with van der Waals surface area (Å²) < 4.78 is 0. The highest BCUT2D eigenvalue weighted by Gasteiger charge is 2.35. The molecule has 0 saturated heterocycles. The third-order valence-corrected chi connectivity index (χ3v) is 3.81. The van der Waals surface area contributed by atoms with E-state index in [2.05, 4.69) is 26.5 Å². The Morgan fingerprint density at radius 1 is 1.26 bits per heavy atom. The predicted molar refractivity (Wildman–Crippen MR) is 81.2 cm³/mol. The molecule has 1 aromatic carbocycles. The molecule has 0 bridgehead atoms. The molecule has 0 fully saturated rings. The molecule has 0 aromatic heterocycles. The van der Waals surface area contributed by atoms with Gasteiger partial charge in [0, 0.05) is 5.41 Å². The Labute approximate surface area is 114 Å². The normalized spacial score (nSPS) is 16.9. The molecule has 0 spiro atoms. The molecule has 98 valence electrons. The lowest BCUT2D eigenvalue weighted by atomic mass is 9.75. The lowest BCUT2D eigenvalue weighted by Crippen LogP contribution is -2.31. The molecular weight excluding hydrogens is 235 g/mol. The van der Waals surface area contributed by atoms with Gasteiger partial charge in [0.05, 0.1) is 0 Å². The molecule has 0 unspecified atom stereocenters. The smallest absolute Gasteiger partial charge is 0.423 e. The molecule has 1 aliphatic carbocycles. The summed E-state index contributed by atoms with van der Waals surface area (Å²) in [6, 6.07) is 5.59. The molecule has 0 saturated carbocycles. The van der Waals surface area contributed by atoms with E-state index in [4.69, 9.17) is 0 Å². The third kappa shape index (κ3) is 2.09. The summed E-state index contributed by atoms with van der Waals surface area (Å²) in [7, 11) is -1.43. The van der Waals surface area contributed by atoms with Gasteiger partial charge in [-0.1, -0.05) is 56.9 Å². The minimum atomic E-state index is -1.43. The van der Waals surface area contributed by atoms with Crippen LogP contribution in [0.15, 0.2) is 48.6 Å². The number of allylic oxidation sites excluding steroid dienone is 5. The Bertz CT molecular complexity index is 580. The Kier molecular flexibility index (Phi) is 3.53. The summed E-state index contributed by atoms with van der Waals surface area (Å²) in [6.07, 6.45) is 5.99. The highest BCUT2D eigenvalue weighted by molar-refractivity contribution is 6.58. The molecule has 0 atom stereocenters. The van der Waals surface area contributed by atoms with Crippen molar-refractivity contribution in [1.29, 1.82) is 0 Å². The third-order valence-electron chi connectivity index (χ3n) is 3.81. The first-order valence-corrected chi connectivity index (χ1v) is 6.44.